The van der Waals surface area contributed by atoms with Crippen molar-refractivity contribution in [2.45, 2.75) is 18.6 Å². The standard InChI is InChI=1S/C10H13BrO3S/c11-7-5-6(1-2-8(7)12)10(14)9(13)3-4-15/h1-2,5,9-10,12-15H,3-4H2. The molecule has 1 aromatic carbocycles. The Morgan fingerprint density at radius 1 is 1.33 bits per heavy atom. The molecular weight excluding hydrogens is 280 g/mol. The topological polar surface area (TPSA) is 60.7 Å². The number of thiol groups is 1. The number of benzene rings is 1. The third-order valence-corrected chi connectivity index (χ3v) is 3.00. The minimum absolute atomic E-state index is 0.106. The molecule has 1 rings (SSSR count). The second kappa shape index (κ2) is 5.75. The van der Waals surface area contributed by atoms with E-state index in [0.29, 0.717) is 22.2 Å². The molecule has 0 aliphatic carbocycles. The maximum absolute atomic E-state index is 9.75. The van der Waals surface area contributed by atoms with Crippen LogP contribution in [0, 0.1) is 0 Å². The van der Waals surface area contributed by atoms with Crippen molar-refractivity contribution >= 4 is 28.6 Å². The lowest BCUT2D eigenvalue weighted by Crippen LogP contribution is -2.18. The number of hydrogen-bond donors (Lipinski definition) is 4. The highest BCUT2D eigenvalue weighted by Crippen LogP contribution is 2.28. The summed E-state index contributed by atoms with van der Waals surface area (Å²) in [5.74, 6) is 0.618. The quantitative estimate of drug-likeness (QED) is 0.641. The summed E-state index contributed by atoms with van der Waals surface area (Å²) in [6.45, 7) is 0. The average molecular weight is 293 g/mol. The second-order valence-corrected chi connectivity index (χ2v) is 4.54. The van der Waals surface area contributed by atoms with Crippen LogP contribution in [0.5, 0.6) is 5.75 Å². The van der Waals surface area contributed by atoms with Gasteiger partial charge in [0.05, 0.1) is 10.6 Å². The Morgan fingerprint density at radius 3 is 2.53 bits per heavy atom. The summed E-state index contributed by atoms with van der Waals surface area (Å²) < 4.78 is 0.497. The van der Waals surface area contributed by atoms with E-state index >= 15 is 0 Å². The first-order valence-electron chi connectivity index (χ1n) is 4.51. The minimum Gasteiger partial charge on any atom is -0.507 e. The Bertz CT molecular complexity index is 332. The fourth-order valence-corrected chi connectivity index (χ4v) is 1.88. The van der Waals surface area contributed by atoms with Gasteiger partial charge >= 0.3 is 0 Å². The second-order valence-electron chi connectivity index (χ2n) is 3.24. The highest BCUT2D eigenvalue weighted by Gasteiger charge is 2.18. The average Bonchev–Trinajstić information content (AvgIpc) is 2.21. The van der Waals surface area contributed by atoms with Crippen LogP contribution in [0.4, 0.5) is 0 Å². The molecule has 0 fully saturated rings. The summed E-state index contributed by atoms with van der Waals surface area (Å²) in [6.07, 6.45) is -1.36. The highest BCUT2D eigenvalue weighted by atomic mass is 79.9. The zero-order chi connectivity index (χ0) is 11.4. The van der Waals surface area contributed by atoms with E-state index < -0.39 is 12.2 Å². The van der Waals surface area contributed by atoms with Crippen molar-refractivity contribution in [3.05, 3.63) is 28.2 Å². The number of phenolic OH excluding ortho intramolecular Hbond substituents is 1. The maximum Gasteiger partial charge on any atom is 0.129 e. The molecular formula is C10H13BrO3S. The molecule has 5 heteroatoms. The normalized spacial score (nSPS) is 14.9. The molecule has 2 atom stereocenters. The Kier molecular flexibility index (Phi) is 4.92. The summed E-state index contributed by atoms with van der Waals surface area (Å²) in [6, 6.07) is 4.63. The van der Waals surface area contributed by atoms with Gasteiger partial charge in [-0.1, -0.05) is 6.07 Å². The van der Waals surface area contributed by atoms with Crippen LogP contribution in [-0.4, -0.2) is 27.2 Å². The van der Waals surface area contributed by atoms with Crippen LogP contribution in [0.2, 0.25) is 0 Å². The van der Waals surface area contributed by atoms with Gasteiger partial charge in [-0.3, -0.25) is 0 Å². The molecule has 3 nitrogen and oxygen atoms in total. The number of phenols is 1. The number of hydrogen-bond acceptors (Lipinski definition) is 4. The van der Waals surface area contributed by atoms with Crippen LogP contribution in [0.15, 0.2) is 22.7 Å². The van der Waals surface area contributed by atoms with Gasteiger partial charge in [-0.15, -0.1) is 0 Å². The Morgan fingerprint density at radius 2 is 2.00 bits per heavy atom. The van der Waals surface area contributed by atoms with Crippen LogP contribution >= 0.6 is 28.6 Å². The molecule has 0 amide bonds. The first-order valence-corrected chi connectivity index (χ1v) is 5.94. The number of aromatic hydroxyl groups is 1. The molecule has 0 saturated carbocycles. The number of aliphatic hydroxyl groups excluding tert-OH is 2. The molecule has 0 bridgehead atoms. The third-order valence-electron chi connectivity index (χ3n) is 2.10. The maximum atomic E-state index is 9.75. The van der Waals surface area contributed by atoms with Crippen LogP contribution in [0.3, 0.4) is 0 Å². The van der Waals surface area contributed by atoms with Crippen molar-refractivity contribution < 1.29 is 15.3 Å². The molecule has 3 N–H and O–H groups in total. The number of aliphatic hydroxyl groups is 2. The van der Waals surface area contributed by atoms with E-state index in [4.69, 9.17) is 0 Å². The van der Waals surface area contributed by atoms with Gasteiger partial charge in [0, 0.05) is 0 Å². The summed E-state index contributed by atoms with van der Waals surface area (Å²) in [7, 11) is 0. The van der Waals surface area contributed by atoms with Crippen LogP contribution in [-0.2, 0) is 0 Å². The molecule has 0 saturated heterocycles. The molecule has 15 heavy (non-hydrogen) atoms. The van der Waals surface area contributed by atoms with Crippen molar-refractivity contribution in [2.24, 2.45) is 0 Å². The molecule has 0 aliphatic heterocycles. The van der Waals surface area contributed by atoms with Crippen LogP contribution in [0.25, 0.3) is 0 Å². The SMILES string of the molecule is Oc1ccc(C(O)C(O)CCS)cc1Br. The summed E-state index contributed by atoms with van der Waals surface area (Å²) >= 11 is 7.13. The van der Waals surface area contributed by atoms with Gasteiger partial charge in [-0.25, -0.2) is 0 Å². The fourth-order valence-electron chi connectivity index (χ4n) is 1.22. The first kappa shape index (κ1) is 12.8. The van der Waals surface area contributed by atoms with Crippen molar-refractivity contribution in [1.29, 1.82) is 0 Å². The van der Waals surface area contributed by atoms with Gasteiger partial charge in [0.1, 0.15) is 11.9 Å². The summed E-state index contributed by atoms with van der Waals surface area (Å²) in [5, 5.41) is 28.6. The van der Waals surface area contributed by atoms with E-state index in [1.54, 1.807) is 12.1 Å². The zero-order valence-electron chi connectivity index (χ0n) is 7.97. The third kappa shape index (κ3) is 3.38. The van der Waals surface area contributed by atoms with E-state index in [2.05, 4.69) is 28.6 Å². The van der Waals surface area contributed by atoms with Gasteiger partial charge in [-0.05, 0) is 45.8 Å². The lowest BCUT2D eigenvalue weighted by Gasteiger charge is -2.17. The van der Waals surface area contributed by atoms with Crippen molar-refractivity contribution in [2.75, 3.05) is 5.75 Å². The smallest absolute Gasteiger partial charge is 0.129 e. The predicted molar refractivity (Wildman–Crippen MR) is 65.2 cm³/mol. The van der Waals surface area contributed by atoms with Crippen LogP contribution in [0.1, 0.15) is 18.1 Å². The Labute approximate surface area is 102 Å². The predicted octanol–water partition coefficient (Wildman–Crippen LogP) is 1.87. The van der Waals surface area contributed by atoms with E-state index in [1.807, 2.05) is 0 Å². The van der Waals surface area contributed by atoms with E-state index in [0.717, 1.165) is 0 Å². The van der Waals surface area contributed by atoms with Crippen molar-refractivity contribution in [3.63, 3.8) is 0 Å². The van der Waals surface area contributed by atoms with Gasteiger partial charge in [0.2, 0.25) is 0 Å². The molecule has 84 valence electrons. The van der Waals surface area contributed by atoms with E-state index in [9.17, 15) is 15.3 Å². The lowest BCUT2D eigenvalue weighted by atomic mass is 10.0. The fraction of sp³-hybridized carbons (Fsp3) is 0.400. The summed E-state index contributed by atoms with van der Waals surface area (Å²) in [5.41, 5.74) is 0.564. The molecule has 0 aromatic heterocycles. The van der Waals surface area contributed by atoms with Gasteiger partial charge in [0.15, 0.2) is 0 Å². The number of halogens is 1. The summed E-state index contributed by atoms with van der Waals surface area (Å²) in [4.78, 5) is 0. The van der Waals surface area contributed by atoms with Gasteiger partial charge in [-0.2, -0.15) is 12.6 Å². The monoisotopic (exact) mass is 292 g/mol. The number of rotatable bonds is 4. The van der Waals surface area contributed by atoms with Crippen molar-refractivity contribution in [3.8, 4) is 5.75 Å². The van der Waals surface area contributed by atoms with E-state index in [-0.39, 0.29) is 5.75 Å². The molecule has 0 aliphatic rings. The van der Waals surface area contributed by atoms with E-state index in [1.165, 1.54) is 6.07 Å². The first-order chi connectivity index (χ1) is 7.06. The van der Waals surface area contributed by atoms with Gasteiger partial charge in [0.25, 0.3) is 0 Å². The Balaban J connectivity index is 2.81. The van der Waals surface area contributed by atoms with Crippen molar-refractivity contribution in [1.82, 2.24) is 0 Å². The zero-order valence-corrected chi connectivity index (χ0v) is 10.4. The molecule has 2 unspecified atom stereocenters. The molecule has 1 aromatic rings. The lowest BCUT2D eigenvalue weighted by molar-refractivity contribution is 0.0172. The highest BCUT2D eigenvalue weighted by molar-refractivity contribution is 9.10. The largest absolute Gasteiger partial charge is 0.507 e. The van der Waals surface area contributed by atoms with Gasteiger partial charge < -0.3 is 15.3 Å². The minimum atomic E-state index is -0.950. The molecule has 0 heterocycles. The molecule has 0 spiro atoms. The van der Waals surface area contributed by atoms with Crippen LogP contribution < -0.4 is 0 Å². The molecule has 0 radical (unpaired) electrons. The Hall–Kier alpha value is -0.230.